The average molecular weight is 256 g/mol. The van der Waals surface area contributed by atoms with Crippen molar-refractivity contribution >= 4 is 21.6 Å². The van der Waals surface area contributed by atoms with Gasteiger partial charge >= 0.3 is 0 Å². The Kier molecular flexibility index (Phi) is 3.03. The molecular weight excluding hydrogens is 242 g/mol. The van der Waals surface area contributed by atoms with Crippen LogP contribution in [0.2, 0.25) is 0 Å². The molecule has 1 aromatic rings. The zero-order valence-electron chi connectivity index (χ0n) is 7.99. The molecule has 2 N–H and O–H groups in total. The van der Waals surface area contributed by atoms with E-state index in [9.17, 15) is 0 Å². The van der Waals surface area contributed by atoms with Gasteiger partial charge in [0.05, 0.1) is 11.9 Å². The van der Waals surface area contributed by atoms with Gasteiger partial charge in [0.1, 0.15) is 0 Å². The van der Waals surface area contributed by atoms with Crippen molar-refractivity contribution in [1.29, 1.82) is 0 Å². The molecule has 4 heteroatoms. The van der Waals surface area contributed by atoms with Crippen LogP contribution in [0.3, 0.4) is 0 Å². The summed E-state index contributed by atoms with van der Waals surface area (Å²) in [6, 6.07) is 2.40. The SMILES string of the molecule is NC1CCCN(c2cncc(Br)c2)C1. The molecule has 2 rings (SSSR count). The second-order valence-electron chi connectivity index (χ2n) is 3.71. The Morgan fingerprint density at radius 2 is 2.36 bits per heavy atom. The van der Waals surface area contributed by atoms with Gasteiger partial charge in [-0.2, -0.15) is 0 Å². The number of pyridine rings is 1. The lowest BCUT2D eigenvalue weighted by Crippen LogP contribution is -2.42. The number of anilines is 1. The van der Waals surface area contributed by atoms with Gasteiger partial charge in [-0.25, -0.2) is 0 Å². The Balaban J connectivity index is 2.14. The van der Waals surface area contributed by atoms with Crippen LogP contribution in [0.1, 0.15) is 12.8 Å². The molecule has 0 radical (unpaired) electrons. The highest BCUT2D eigenvalue weighted by Gasteiger charge is 2.16. The largest absolute Gasteiger partial charge is 0.369 e. The summed E-state index contributed by atoms with van der Waals surface area (Å²) in [6.07, 6.45) is 6.00. The quantitative estimate of drug-likeness (QED) is 0.832. The molecule has 0 amide bonds. The molecule has 0 saturated carbocycles. The molecule has 1 atom stereocenters. The Morgan fingerprint density at radius 1 is 1.50 bits per heavy atom. The molecule has 14 heavy (non-hydrogen) atoms. The van der Waals surface area contributed by atoms with Gasteiger partial charge in [0.25, 0.3) is 0 Å². The number of halogens is 1. The van der Waals surface area contributed by atoms with E-state index in [1.54, 1.807) is 6.20 Å². The first-order valence-corrected chi connectivity index (χ1v) is 5.66. The van der Waals surface area contributed by atoms with E-state index in [0.29, 0.717) is 6.04 Å². The van der Waals surface area contributed by atoms with Gasteiger partial charge in [-0.1, -0.05) is 0 Å². The summed E-state index contributed by atoms with van der Waals surface area (Å²) in [5.74, 6) is 0. The van der Waals surface area contributed by atoms with Crippen molar-refractivity contribution in [2.75, 3.05) is 18.0 Å². The number of piperidine rings is 1. The molecule has 1 unspecified atom stereocenters. The maximum Gasteiger partial charge on any atom is 0.0564 e. The molecule has 0 bridgehead atoms. The number of nitrogens with zero attached hydrogens (tertiary/aromatic N) is 2. The van der Waals surface area contributed by atoms with Gasteiger partial charge in [0, 0.05) is 29.8 Å². The van der Waals surface area contributed by atoms with E-state index in [0.717, 1.165) is 29.7 Å². The average Bonchev–Trinajstić information content (AvgIpc) is 2.18. The molecule has 0 spiro atoms. The molecule has 2 heterocycles. The summed E-state index contributed by atoms with van der Waals surface area (Å²) in [4.78, 5) is 6.45. The standard InChI is InChI=1S/C10H14BrN3/c11-8-4-10(6-13-5-8)14-3-1-2-9(12)7-14/h4-6,9H,1-3,7,12H2. The highest BCUT2D eigenvalue weighted by Crippen LogP contribution is 2.21. The zero-order valence-corrected chi connectivity index (χ0v) is 9.57. The molecule has 1 aliphatic heterocycles. The van der Waals surface area contributed by atoms with Gasteiger partial charge < -0.3 is 10.6 Å². The topological polar surface area (TPSA) is 42.1 Å². The van der Waals surface area contributed by atoms with Crippen molar-refractivity contribution < 1.29 is 0 Å². The predicted molar refractivity (Wildman–Crippen MR) is 61.4 cm³/mol. The number of rotatable bonds is 1. The second kappa shape index (κ2) is 4.28. The summed E-state index contributed by atoms with van der Waals surface area (Å²) in [5.41, 5.74) is 7.09. The van der Waals surface area contributed by atoms with Crippen LogP contribution < -0.4 is 10.6 Å². The summed E-state index contributed by atoms with van der Waals surface area (Å²) in [6.45, 7) is 2.03. The van der Waals surface area contributed by atoms with Gasteiger partial charge in [-0.05, 0) is 34.8 Å². The smallest absolute Gasteiger partial charge is 0.0564 e. The Labute approximate surface area is 92.4 Å². The van der Waals surface area contributed by atoms with Crippen LogP contribution in [0.15, 0.2) is 22.9 Å². The van der Waals surface area contributed by atoms with Gasteiger partial charge in [0.15, 0.2) is 0 Å². The van der Waals surface area contributed by atoms with Crippen LogP contribution in [0.4, 0.5) is 5.69 Å². The zero-order chi connectivity index (χ0) is 9.97. The summed E-state index contributed by atoms with van der Waals surface area (Å²) in [5, 5.41) is 0. The minimum absolute atomic E-state index is 0.308. The maximum atomic E-state index is 5.93. The molecule has 1 aromatic heterocycles. The minimum Gasteiger partial charge on any atom is -0.369 e. The number of hydrogen-bond donors (Lipinski definition) is 1. The highest BCUT2D eigenvalue weighted by atomic mass is 79.9. The lowest BCUT2D eigenvalue weighted by molar-refractivity contribution is 0.506. The van der Waals surface area contributed by atoms with E-state index in [4.69, 9.17) is 5.73 Å². The molecule has 1 aliphatic rings. The predicted octanol–water partition coefficient (Wildman–Crippen LogP) is 1.77. The fourth-order valence-corrected chi connectivity index (χ4v) is 2.17. The monoisotopic (exact) mass is 255 g/mol. The van der Waals surface area contributed by atoms with Crippen LogP contribution in [0.25, 0.3) is 0 Å². The fourth-order valence-electron chi connectivity index (χ4n) is 1.82. The van der Waals surface area contributed by atoms with Crippen molar-refractivity contribution in [3.8, 4) is 0 Å². The first-order valence-electron chi connectivity index (χ1n) is 4.87. The van der Waals surface area contributed by atoms with Crippen molar-refractivity contribution in [1.82, 2.24) is 4.98 Å². The third-order valence-corrected chi connectivity index (χ3v) is 2.95. The van der Waals surface area contributed by atoms with E-state index in [1.165, 1.54) is 6.42 Å². The van der Waals surface area contributed by atoms with E-state index in [-0.39, 0.29) is 0 Å². The first kappa shape index (κ1) is 9.93. The minimum atomic E-state index is 0.308. The van der Waals surface area contributed by atoms with E-state index >= 15 is 0 Å². The molecule has 0 aliphatic carbocycles. The number of nitrogens with two attached hydrogens (primary N) is 1. The normalized spacial score (nSPS) is 22.4. The van der Waals surface area contributed by atoms with Gasteiger partial charge in [-0.15, -0.1) is 0 Å². The summed E-state index contributed by atoms with van der Waals surface area (Å²) >= 11 is 3.42. The summed E-state index contributed by atoms with van der Waals surface area (Å²) < 4.78 is 1.02. The lowest BCUT2D eigenvalue weighted by Gasteiger charge is -2.32. The summed E-state index contributed by atoms with van der Waals surface area (Å²) in [7, 11) is 0. The van der Waals surface area contributed by atoms with E-state index in [2.05, 4.69) is 31.9 Å². The van der Waals surface area contributed by atoms with Crippen molar-refractivity contribution in [2.24, 2.45) is 5.73 Å². The first-order chi connectivity index (χ1) is 6.75. The molecule has 1 fully saturated rings. The maximum absolute atomic E-state index is 5.93. The molecule has 1 saturated heterocycles. The van der Waals surface area contributed by atoms with Crippen molar-refractivity contribution in [3.05, 3.63) is 22.9 Å². The Morgan fingerprint density at radius 3 is 3.07 bits per heavy atom. The van der Waals surface area contributed by atoms with E-state index < -0.39 is 0 Å². The second-order valence-corrected chi connectivity index (χ2v) is 4.63. The van der Waals surface area contributed by atoms with Crippen molar-refractivity contribution in [2.45, 2.75) is 18.9 Å². The number of aromatic nitrogens is 1. The molecular formula is C10H14BrN3. The van der Waals surface area contributed by atoms with Crippen molar-refractivity contribution in [3.63, 3.8) is 0 Å². The molecule has 0 aromatic carbocycles. The Bertz CT molecular complexity index is 316. The molecule has 76 valence electrons. The Hall–Kier alpha value is -0.610. The van der Waals surface area contributed by atoms with Crippen LogP contribution in [-0.2, 0) is 0 Å². The lowest BCUT2D eigenvalue weighted by atomic mass is 10.1. The number of hydrogen-bond acceptors (Lipinski definition) is 3. The van der Waals surface area contributed by atoms with Gasteiger partial charge in [-0.3, -0.25) is 4.98 Å². The van der Waals surface area contributed by atoms with Crippen LogP contribution in [-0.4, -0.2) is 24.1 Å². The van der Waals surface area contributed by atoms with Crippen LogP contribution in [0.5, 0.6) is 0 Å². The third-order valence-electron chi connectivity index (χ3n) is 2.51. The van der Waals surface area contributed by atoms with Gasteiger partial charge in [0.2, 0.25) is 0 Å². The fraction of sp³-hybridized carbons (Fsp3) is 0.500. The molecule has 3 nitrogen and oxygen atoms in total. The van der Waals surface area contributed by atoms with Crippen LogP contribution in [0, 0.1) is 0 Å². The third kappa shape index (κ3) is 2.25. The van der Waals surface area contributed by atoms with E-state index in [1.807, 2.05) is 6.20 Å². The highest BCUT2D eigenvalue weighted by molar-refractivity contribution is 9.10. The van der Waals surface area contributed by atoms with Crippen LogP contribution >= 0.6 is 15.9 Å².